The third kappa shape index (κ3) is 1.36. The molecule has 0 unspecified atom stereocenters. The molecular formula is C12H11N3O2. The number of aromatic amines is 1. The molecule has 3 aromatic rings. The molecule has 5 nitrogen and oxygen atoms in total. The fourth-order valence-electron chi connectivity index (χ4n) is 1.94. The molecular weight excluding hydrogens is 218 g/mol. The molecule has 0 spiro atoms. The van der Waals surface area contributed by atoms with Gasteiger partial charge in [0.1, 0.15) is 5.82 Å². The lowest BCUT2D eigenvalue weighted by molar-refractivity contribution is 0.410. The highest BCUT2D eigenvalue weighted by Crippen LogP contribution is 2.36. The van der Waals surface area contributed by atoms with Crippen LogP contribution in [0.2, 0.25) is 0 Å². The van der Waals surface area contributed by atoms with E-state index in [2.05, 4.69) is 10.2 Å². The van der Waals surface area contributed by atoms with Gasteiger partial charge in [0.25, 0.3) is 0 Å². The third-order valence-corrected chi connectivity index (χ3v) is 2.76. The van der Waals surface area contributed by atoms with Crippen molar-refractivity contribution in [2.45, 2.75) is 0 Å². The van der Waals surface area contributed by atoms with E-state index in [1.807, 2.05) is 18.2 Å². The van der Waals surface area contributed by atoms with Crippen LogP contribution in [0.1, 0.15) is 0 Å². The first kappa shape index (κ1) is 9.77. The Bertz CT molecular complexity index is 669. The van der Waals surface area contributed by atoms with Crippen LogP contribution in [0.15, 0.2) is 35.1 Å². The molecule has 0 atom stereocenters. The van der Waals surface area contributed by atoms with Crippen LogP contribution in [0, 0.1) is 0 Å². The monoisotopic (exact) mass is 229 g/mol. The number of rotatable bonds is 2. The van der Waals surface area contributed by atoms with E-state index in [0.29, 0.717) is 17.2 Å². The lowest BCUT2D eigenvalue weighted by Crippen LogP contribution is -1.89. The van der Waals surface area contributed by atoms with Crippen LogP contribution < -0.4 is 10.5 Å². The van der Waals surface area contributed by atoms with Gasteiger partial charge >= 0.3 is 0 Å². The van der Waals surface area contributed by atoms with Gasteiger partial charge in [0, 0.05) is 10.9 Å². The highest BCUT2D eigenvalue weighted by atomic mass is 16.5. The molecule has 0 amide bonds. The topological polar surface area (TPSA) is 77.1 Å². The average Bonchev–Trinajstić information content (AvgIpc) is 2.96. The number of aromatic nitrogens is 2. The Labute approximate surface area is 97.2 Å². The summed E-state index contributed by atoms with van der Waals surface area (Å²) in [7, 11) is 1.61. The Morgan fingerprint density at radius 3 is 2.88 bits per heavy atom. The molecule has 0 bridgehead atoms. The summed E-state index contributed by atoms with van der Waals surface area (Å²) in [6.07, 6.45) is 3.33. The molecule has 0 aliphatic heterocycles. The minimum atomic E-state index is 0.540. The highest BCUT2D eigenvalue weighted by Gasteiger charge is 2.13. The molecule has 2 aromatic heterocycles. The maximum absolute atomic E-state index is 5.82. The first-order valence-electron chi connectivity index (χ1n) is 5.14. The summed E-state index contributed by atoms with van der Waals surface area (Å²) in [6.45, 7) is 0. The molecule has 5 heteroatoms. The number of benzene rings is 1. The molecule has 2 heterocycles. The first-order chi connectivity index (χ1) is 8.31. The van der Waals surface area contributed by atoms with Crippen LogP contribution in [-0.4, -0.2) is 17.3 Å². The number of anilines is 1. The molecule has 86 valence electrons. The lowest BCUT2D eigenvalue weighted by atomic mass is 10.0. The van der Waals surface area contributed by atoms with Crippen molar-refractivity contribution in [3.05, 3.63) is 30.7 Å². The lowest BCUT2D eigenvalue weighted by Gasteiger charge is -2.05. The number of nitrogens with zero attached hydrogens (tertiary/aromatic N) is 1. The van der Waals surface area contributed by atoms with E-state index in [1.54, 1.807) is 19.6 Å². The van der Waals surface area contributed by atoms with E-state index in [-0.39, 0.29) is 0 Å². The standard InChI is InChI=1S/C12H11N3O2/c1-16-10-3-2-7(8-4-5-17-11(8)10)9-6-14-15-12(9)13/h2-6H,1H3,(H3,13,14,15). The van der Waals surface area contributed by atoms with E-state index < -0.39 is 0 Å². The zero-order valence-electron chi connectivity index (χ0n) is 9.23. The second-order valence-electron chi connectivity index (χ2n) is 3.68. The molecule has 1 aromatic carbocycles. The van der Waals surface area contributed by atoms with E-state index >= 15 is 0 Å². The van der Waals surface area contributed by atoms with Gasteiger partial charge in [0.2, 0.25) is 0 Å². The maximum atomic E-state index is 5.82. The number of methoxy groups -OCH3 is 1. The van der Waals surface area contributed by atoms with Crippen LogP contribution in [-0.2, 0) is 0 Å². The quantitative estimate of drug-likeness (QED) is 0.707. The van der Waals surface area contributed by atoms with Crippen molar-refractivity contribution in [2.24, 2.45) is 0 Å². The van der Waals surface area contributed by atoms with Gasteiger partial charge in [-0.3, -0.25) is 5.10 Å². The zero-order chi connectivity index (χ0) is 11.8. The fraction of sp³-hybridized carbons (Fsp3) is 0.0833. The summed E-state index contributed by atoms with van der Waals surface area (Å²) >= 11 is 0. The minimum Gasteiger partial charge on any atom is -0.493 e. The van der Waals surface area contributed by atoms with Crippen molar-refractivity contribution in [2.75, 3.05) is 12.8 Å². The number of H-pyrrole nitrogens is 1. The number of furan rings is 1. The number of ether oxygens (including phenoxy) is 1. The van der Waals surface area contributed by atoms with Gasteiger partial charge in [-0.25, -0.2) is 0 Å². The van der Waals surface area contributed by atoms with Crippen LogP contribution in [0.4, 0.5) is 5.82 Å². The first-order valence-corrected chi connectivity index (χ1v) is 5.14. The van der Waals surface area contributed by atoms with Crippen molar-refractivity contribution >= 4 is 16.8 Å². The van der Waals surface area contributed by atoms with E-state index in [0.717, 1.165) is 16.5 Å². The molecule has 17 heavy (non-hydrogen) atoms. The van der Waals surface area contributed by atoms with Gasteiger partial charge in [0.05, 0.1) is 19.6 Å². The SMILES string of the molecule is COc1ccc(-c2cn[nH]c2N)c2ccoc12. The Hall–Kier alpha value is -2.43. The van der Waals surface area contributed by atoms with Crippen molar-refractivity contribution in [3.8, 4) is 16.9 Å². The number of fused-ring (bicyclic) bond motifs is 1. The van der Waals surface area contributed by atoms with Gasteiger partial charge in [-0.15, -0.1) is 0 Å². The van der Waals surface area contributed by atoms with Gasteiger partial charge in [0.15, 0.2) is 11.3 Å². The fourth-order valence-corrected chi connectivity index (χ4v) is 1.94. The Balaban J connectivity index is 2.32. The Morgan fingerprint density at radius 2 is 2.18 bits per heavy atom. The van der Waals surface area contributed by atoms with Gasteiger partial charge in [-0.2, -0.15) is 5.10 Å². The molecule has 0 aliphatic carbocycles. The number of nitrogens with one attached hydrogen (secondary N) is 1. The molecule has 0 radical (unpaired) electrons. The highest BCUT2D eigenvalue weighted by molar-refractivity contribution is 5.98. The second kappa shape index (κ2) is 3.55. The summed E-state index contributed by atoms with van der Waals surface area (Å²) in [5.41, 5.74) is 8.37. The smallest absolute Gasteiger partial charge is 0.176 e. The zero-order valence-corrected chi connectivity index (χ0v) is 9.23. The van der Waals surface area contributed by atoms with Crippen LogP contribution in [0.5, 0.6) is 5.75 Å². The Kier molecular flexibility index (Phi) is 2.04. The largest absolute Gasteiger partial charge is 0.493 e. The normalized spacial score (nSPS) is 10.9. The van der Waals surface area contributed by atoms with E-state index in [1.165, 1.54) is 0 Å². The van der Waals surface area contributed by atoms with Crippen LogP contribution in [0.3, 0.4) is 0 Å². The summed E-state index contributed by atoms with van der Waals surface area (Å²) in [6, 6.07) is 5.69. The van der Waals surface area contributed by atoms with Crippen molar-refractivity contribution in [1.29, 1.82) is 0 Å². The number of hydrogen-bond acceptors (Lipinski definition) is 4. The van der Waals surface area contributed by atoms with Crippen LogP contribution >= 0.6 is 0 Å². The number of nitrogens with two attached hydrogens (primary N) is 1. The number of nitrogen functional groups attached to an aromatic ring is 1. The predicted octanol–water partition coefficient (Wildman–Crippen LogP) is 2.41. The van der Waals surface area contributed by atoms with Gasteiger partial charge < -0.3 is 14.9 Å². The number of hydrogen-bond donors (Lipinski definition) is 2. The van der Waals surface area contributed by atoms with E-state index in [4.69, 9.17) is 14.9 Å². The summed E-state index contributed by atoms with van der Waals surface area (Å²) in [5, 5.41) is 7.59. The Morgan fingerprint density at radius 1 is 1.29 bits per heavy atom. The molecule has 3 N–H and O–H groups in total. The third-order valence-electron chi connectivity index (χ3n) is 2.76. The predicted molar refractivity (Wildman–Crippen MR) is 64.8 cm³/mol. The van der Waals surface area contributed by atoms with Gasteiger partial charge in [-0.05, 0) is 23.8 Å². The molecule has 0 saturated heterocycles. The summed E-state index contributed by atoms with van der Waals surface area (Å²) in [5.74, 6) is 1.24. The van der Waals surface area contributed by atoms with Crippen LogP contribution in [0.25, 0.3) is 22.1 Å². The van der Waals surface area contributed by atoms with Gasteiger partial charge in [-0.1, -0.05) is 0 Å². The summed E-state index contributed by atoms with van der Waals surface area (Å²) < 4.78 is 10.7. The molecule has 0 aliphatic rings. The second-order valence-corrected chi connectivity index (χ2v) is 3.68. The summed E-state index contributed by atoms with van der Waals surface area (Å²) in [4.78, 5) is 0. The van der Waals surface area contributed by atoms with Crippen molar-refractivity contribution in [1.82, 2.24) is 10.2 Å². The molecule has 3 rings (SSSR count). The maximum Gasteiger partial charge on any atom is 0.176 e. The molecule has 0 fully saturated rings. The molecule has 0 saturated carbocycles. The van der Waals surface area contributed by atoms with Crippen molar-refractivity contribution in [3.63, 3.8) is 0 Å². The van der Waals surface area contributed by atoms with E-state index in [9.17, 15) is 0 Å². The van der Waals surface area contributed by atoms with Crippen molar-refractivity contribution < 1.29 is 9.15 Å². The minimum absolute atomic E-state index is 0.540. The average molecular weight is 229 g/mol.